The molecule has 0 bridgehead atoms. The highest BCUT2D eigenvalue weighted by atomic mass is 32.1. The molecule has 6 aromatic heterocycles. The maximum Gasteiger partial charge on any atom is 0.194 e. The van der Waals surface area contributed by atoms with Gasteiger partial charge in [-0.05, 0) is 177 Å². The third kappa shape index (κ3) is 11.1. The summed E-state index contributed by atoms with van der Waals surface area (Å²) in [6, 6.07) is 44.0. The van der Waals surface area contributed by atoms with Crippen molar-refractivity contribution in [3.05, 3.63) is 215 Å². The lowest BCUT2D eigenvalue weighted by Crippen LogP contribution is -2.27. The van der Waals surface area contributed by atoms with Crippen LogP contribution in [0.3, 0.4) is 0 Å². The summed E-state index contributed by atoms with van der Waals surface area (Å²) in [6.45, 7) is 18.7. The molecule has 0 saturated carbocycles. The third-order valence-electron chi connectivity index (χ3n) is 23.5. The number of Topliss-reactive ketones (excluding diaryl/α,β-unsaturated/α-hetero) is 2. The Bertz CT molecular complexity index is 4730. The molecule has 2 spiro atoms. The van der Waals surface area contributed by atoms with Gasteiger partial charge in [-0.1, -0.05) is 207 Å². The molecule has 6 heterocycles. The van der Waals surface area contributed by atoms with E-state index in [1.165, 1.54) is 181 Å². The number of hydrogen-bond donors (Lipinski definition) is 0. The molecule has 4 atom stereocenters. The second-order valence-electron chi connectivity index (χ2n) is 29.3. The summed E-state index contributed by atoms with van der Waals surface area (Å²) < 4.78 is 0. The van der Waals surface area contributed by atoms with Gasteiger partial charge in [-0.2, -0.15) is 21.0 Å². The number of nitrogens with zero attached hydrogens (tertiary/aromatic N) is 4. The van der Waals surface area contributed by atoms with E-state index in [4.69, 9.17) is 0 Å². The van der Waals surface area contributed by atoms with Crippen LogP contribution in [0.4, 0.5) is 0 Å². The molecule has 4 unspecified atom stereocenters. The van der Waals surface area contributed by atoms with E-state index >= 15 is 0 Å². The zero-order valence-corrected chi connectivity index (χ0v) is 64.8. The molecule has 0 amide bonds. The van der Waals surface area contributed by atoms with E-state index in [1.54, 1.807) is 22.7 Å². The Kier molecular flexibility index (Phi) is 19.6. The molecule has 0 fully saturated rings. The predicted octanol–water partition coefficient (Wildman–Crippen LogP) is 25.9. The molecule has 0 N–H and O–H groups in total. The van der Waals surface area contributed by atoms with Crippen molar-refractivity contribution >= 4 is 103 Å². The van der Waals surface area contributed by atoms with E-state index in [1.807, 2.05) is 106 Å². The van der Waals surface area contributed by atoms with E-state index in [0.29, 0.717) is 68.2 Å². The summed E-state index contributed by atoms with van der Waals surface area (Å²) in [5.41, 5.74) is 14.9. The van der Waals surface area contributed by atoms with Crippen LogP contribution in [0.1, 0.15) is 264 Å². The van der Waals surface area contributed by atoms with Crippen molar-refractivity contribution < 1.29 is 9.59 Å². The predicted molar refractivity (Wildman–Crippen MR) is 428 cm³/mol. The first-order valence-corrected chi connectivity index (χ1v) is 42.5. The van der Waals surface area contributed by atoms with Gasteiger partial charge in [0, 0.05) is 91.9 Å². The molecule has 9 aromatic rings. The summed E-state index contributed by atoms with van der Waals surface area (Å²) in [5.74, 6) is 1.89. The molecule has 102 heavy (non-hydrogen) atoms. The molecule has 0 saturated heterocycles. The number of rotatable bonds is 26. The number of nitriles is 4. The van der Waals surface area contributed by atoms with Gasteiger partial charge in [-0.3, -0.25) is 9.59 Å². The zero-order chi connectivity index (χ0) is 70.9. The topological polar surface area (TPSA) is 129 Å². The van der Waals surface area contributed by atoms with Gasteiger partial charge in [-0.25, -0.2) is 0 Å². The highest BCUT2D eigenvalue weighted by Gasteiger charge is 2.59. The minimum atomic E-state index is -0.744. The molecule has 15 rings (SSSR count). The van der Waals surface area contributed by atoms with Crippen molar-refractivity contribution in [1.29, 1.82) is 21.0 Å². The number of carbonyl (C=O) groups is 2. The first-order valence-electron chi connectivity index (χ1n) is 37.7. The molecular weight excluding hydrogens is 1360 g/mol. The Morgan fingerprint density at radius 3 is 0.922 bits per heavy atom. The van der Waals surface area contributed by atoms with Crippen LogP contribution < -0.4 is 0 Å². The van der Waals surface area contributed by atoms with E-state index in [0.717, 1.165) is 61.1 Å². The number of fused-ring (bicyclic) bond motifs is 22. The van der Waals surface area contributed by atoms with E-state index < -0.39 is 10.8 Å². The maximum atomic E-state index is 15.0. The zero-order valence-electron chi connectivity index (χ0n) is 59.9. The Hall–Kier alpha value is -7.88. The van der Waals surface area contributed by atoms with Crippen molar-refractivity contribution in [1.82, 2.24) is 0 Å². The second-order valence-corrected chi connectivity index (χ2v) is 36.1. The van der Waals surface area contributed by atoms with Gasteiger partial charge in [0.25, 0.3) is 0 Å². The summed E-state index contributed by atoms with van der Waals surface area (Å²) >= 11 is 11.5. The van der Waals surface area contributed by atoms with Crippen LogP contribution >= 0.6 is 68.0 Å². The van der Waals surface area contributed by atoms with Gasteiger partial charge in [0.2, 0.25) is 0 Å². The minimum absolute atomic E-state index is 0.0692. The van der Waals surface area contributed by atoms with Crippen LogP contribution in [-0.4, -0.2) is 11.6 Å². The molecule has 0 aliphatic heterocycles. The molecule has 6 aliphatic carbocycles. The fourth-order valence-corrected chi connectivity index (χ4v) is 26.1. The molecule has 6 aliphatic rings. The van der Waals surface area contributed by atoms with Crippen molar-refractivity contribution in [2.45, 2.75) is 195 Å². The molecule has 0 radical (unpaired) electrons. The number of ketones is 2. The molecule has 12 heteroatoms. The van der Waals surface area contributed by atoms with E-state index in [2.05, 4.69) is 128 Å². The lowest BCUT2D eigenvalue weighted by atomic mass is 9.69. The molecule has 6 nitrogen and oxygen atoms in total. The first kappa shape index (κ1) is 69.8. The van der Waals surface area contributed by atoms with Crippen molar-refractivity contribution in [2.24, 2.45) is 23.7 Å². The Balaban J connectivity index is 1.04. The maximum absolute atomic E-state index is 15.0. The van der Waals surface area contributed by atoms with Gasteiger partial charge >= 0.3 is 0 Å². The van der Waals surface area contributed by atoms with E-state index in [-0.39, 0.29) is 22.7 Å². The fraction of sp³-hybridized carbons (Fsp3) is 0.378. The lowest BCUT2D eigenvalue weighted by molar-refractivity contribution is 0.103. The van der Waals surface area contributed by atoms with Gasteiger partial charge in [0.15, 0.2) is 11.6 Å². The SMILES string of the molecule is CCCCC(CC)Cc1cc2c(s1)-c1sc(CC(CC)CCCC)cc1C21c2cc3c(cc2-c2sc(/C=C4\C(=O)c5ccccc5C4=C(C#N)C#N)cc21)C1(c2cc(/C=C4\C(=O)c5ccccc5C4=C(C#N)C#N)sc2-3)c2cc(CC(CC)CCCC)sc2-c2sc(CC(CC)CCCC)cc21. The normalized spacial score (nSPS) is 18.5. The second kappa shape index (κ2) is 28.6. The summed E-state index contributed by atoms with van der Waals surface area (Å²) in [6.07, 6.45) is 26.9. The standard InChI is InChI=1S/C90H86N4O2S6/c1-9-17-25-51(13-5)33-57-39-75-85(99-57)86-76(40-58(100-86)34-52(14-6)26-18-10-2)89(75)71-45-68-72(46-67(71)83-73(89)43-61(97-83)37-69-79(55(47-91)48-92)63-29-21-23-31-65(63)81(69)95)90(74-44-62(98-84(68)74)38-70-80(56(49-93)50-94)64-30-22-24-32-66(64)82(70)96)77-41-59(35-53(15-7)27-19-11-3)101-87(77)88-78(90)42-60(102-88)36-54(16-8)28-20-12-4/h21-24,29-32,37-46,51-54H,9-20,25-28,33-36H2,1-8H3/b69-37-,70-38-. The summed E-state index contributed by atoms with van der Waals surface area (Å²) in [7, 11) is 0. The number of hydrogen-bond acceptors (Lipinski definition) is 12. The molecule has 514 valence electrons. The Morgan fingerprint density at radius 2 is 0.647 bits per heavy atom. The van der Waals surface area contributed by atoms with Crippen LogP contribution in [0.15, 0.2) is 119 Å². The average molecular weight is 1450 g/mol. The fourth-order valence-electron chi connectivity index (χ4n) is 18.1. The number of carbonyl (C=O) groups excluding carboxylic acids is 2. The van der Waals surface area contributed by atoms with Crippen molar-refractivity contribution in [3.63, 3.8) is 0 Å². The highest BCUT2D eigenvalue weighted by molar-refractivity contribution is 7.23. The Morgan fingerprint density at radius 1 is 0.363 bits per heavy atom. The number of allylic oxidation sites excluding steroid dienone is 6. The lowest BCUT2D eigenvalue weighted by Gasteiger charge is -2.31. The van der Waals surface area contributed by atoms with Gasteiger partial charge in [-0.15, -0.1) is 68.0 Å². The van der Waals surface area contributed by atoms with Crippen LogP contribution in [0.25, 0.3) is 63.7 Å². The molecule has 3 aromatic carbocycles. The quantitative estimate of drug-likeness (QED) is 0.0392. The number of thiophene rings is 6. The average Bonchev–Trinajstić information content (AvgIpc) is 1.47. The van der Waals surface area contributed by atoms with Gasteiger partial charge < -0.3 is 0 Å². The smallest absolute Gasteiger partial charge is 0.194 e. The van der Waals surface area contributed by atoms with Gasteiger partial charge in [0.05, 0.1) is 10.8 Å². The van der Waals surface area contributed by atoms with Crippen LogP contribution in [0.2, 0.25) is 0 Å². The minimum Gasteiger partial charge on any atom is -0.289 e. The largest absolute Gasteiger partial charge is 0.289 e. The summed E-state index contributed by atoms with van der Waals surface area (Å²) in [5, 5.41) is 42.5. The van der Waals surface area contributed by atoms with Crippen LogP contribution in [-0.2, 0) is 36.5 Å². The monoisotopic (exact) mass is 1450 g/mol. The van der Waals surface area contributed by atoms with Crippen LogP contribution in [0, 0.1) is 69.0 Å². The van der Waals surface area contributed by atoms with Crippen LogP contribution in [0.5, 0.6) is 0 Å². The Labute approximate surface area is 626 Å². The van der Waals surface area contributed by atoms with Crippen molar-refractivity contribution in [3.8, 4) is 64.7 Å². The van der Waals surface area contributed by atoms with Crippen molar-refractivity contribution in [2.75, 3.05) is 0 Å². The highest BCUT2D eigenvalue weighted by Crippen LogP contribution is 2.73. The first-order chi connectivity index (χ1) is 49.8. The van der Waals surface area contributed by atoms with Gasteiger partial charge in [0.1, 0.15) is 35.4 Å². The molecular formula is C90H86N4O2S6. The summed E-state index contributed by atoms with van der Waals surface area (Å²) in [4.78, 5) is 45.3. The number of benzene rings is 3. The number of unbranched alkanes of at least 4 members (excludes halogenated alkanes) is 4. The van der Waals surface area contributed by atoms with E-state index in [9.17, 15) is 30.6 Å². The third-order valence-corrected chi connectivity index (χ3v) is 30.7.